The third-order valence-corrected chi connectivity index (χ3v) is 4.48. The van der Waals surface area contributed by atoms with Crippen molar-refractivity contribution in [2.45, 2.75) is 131 Å². The zero-order valence-corrected chi connectivity index (χ0v) is 27.6. The highest BCUT2D eigenvalue weighted by Gasteiger charge is 2.40. The molecule has 2 atom stereocenters. The van der Waals surface area contributed by atoms with Gasteiger partial charge in [-0.05, 0) is 83.1 Å². The van der Waals surface area contributed by atoms with E-state index in [1.807, 2.05) is 0 Å². The molecule has 0 bridgehead atoms. The van der Waals surface area contributed by atoms with Crippen LogP contribution in [0.1, 0.15) is 95.9 Å². The van der Waals surface area contributed by atoms with Crippen LogP contribution in [0.2, 0.25) is 0 Å². The second-order valence-corrected chi connectivity index (χ2v) is 13.6. The van der Waals surface area contributed by atoms with Gasteiger partial charge in [0.2, 0.25) is 0 Å². The number of cyclic esters (lactones) is 2. The summed E-state index contributed by atoms with van der Waals surface area (Å²) in [5.74, 6) is -1.28. The number of hydrogen-bond acceptors (Lipinski definition) is 14. The number of esters is 2. The number of amides is 4. The Morgan fingerprint density at radius 3 is 0.909 bits per heavy atom. The summed E-state index contributed by atoms with van der Waals surface area (Å²) in [5.41, 5.74) is -3.35. The molecule has 16 heteroatoms. The summed E-state index contributed by atoms with van der Waals surface area (Å²) in [6.07, 6.45) is -5.83. The lowest BCUT2D eigenvalue weighted by molar-refractivity contribution is -0.182. The van der Waals surface area contributed by atoms with Gasteiger partial charge >= 0.3 is 36.3 Å². The van der Waals surface area contributed by atoms with Gasteiger partial charge < -0.3 is 28.4 Å². The van der Waals surface area contributed by atoms with Crippen LogP contribution in [-0.2, 0) is 47.7 Å². The van der Waals surface area contributed by atoms with Crippen molar-refractivity contribution in [1.82, 2.24) is 10.1 Å². The fraction of sp³-hybridized carbons (Fsp3) is 0.786. The van der Waals surface area contributed by atoms with Crippen LogP contribution >= 0.6 is 0 Å². The average molecular weight is 635 g/mol. The number of hydroxylamine groups is 4. The molecule has 2 aliphatic rings. The Bertz CT molecular complexity index is 922. The first-order chi connectivity index (χ1) is 19.8. The molecule has 2 saturated heterocycles. The van der Waals surface area contributed by atoms with E-state index < -0.39 is 70.9 Å². The van der Waals surface area contributed by atoms with E-state index in [-0.39, 0.29) is 26.1 Å². The number of nitrogens with zero attached hydrogens (tertiary/aromatic N) is 2. The summed E-state index contributed by atoms with van der Waals surface area (Å²) in [6.45, 7) is 20.0. The summed E-state index contributed by atoms with van der Waals surface area (Å²) in [7, 11) is 0. The molecule has 0 spiro atoms. The molecular weight excluding hydrogens is 588 g/mol. The number of imide groups is 2. The molecule has 2 fully saturated rings. The van der Waals surface area contributed by atoms with Crippen molar-refractivity contribution in [2.75, 3.05) is 13.2 Å². The fourth-order valence-corrected chi connectivity index (χ4v) is 2.94. The Kier molecular flexibility index (Phi) is 13.0. The molecule has 2 rings (SSSR count). The van der Waals surface area contributed by atoms with E-state index in [9.17, 15) is 28.8 Å². The van der Waals surface area contributed by atoms with E-state index in [0.29, 0.717) is 10.1 Å². The summed E-state index contributed by atoms with van der Waals surface area (Å²) in [4.78, 5) is 81.6. The lowest BCUT2D eigenvalue weighted by Crippen LogP contribution is -2.46. The number of rotatable bonds is 4. The van der Waals surface area contributed by atoms with E-state index >= 15 is 0 Å². The van der Waals surface area contributed by atoms with Crippen LogP contribution in [-0.4, -0.2) is 94.3 Å². The molecule has 0 aromatic carbocycles. The van der Waals surface area contributed by atoms with E-state index in [2.05, 4.69) is 0 Å². The Labute approximate surface area is 257 Å². The van der Waals surface area contributed by atoms with Crippen molar-refractivity contribution in [2.24, 2.45) is 0 Å². The van der Waals surface area contributed by atoms with Crippen LogP contribution < -0.4 is 0 Å². The topological polar surface area (TPSA) is 183 Å². The van der Waals surface area contributed by atoms with Crippen molar-refractivity contribution >= 4 is 36.3 Å². The van der Waals surface area contributed by atoms with E-state index in [0.717, 1.165) is 0 Å². The van der Waals surface area contributed by atoms with Gasteiger partial charge in [0.05, 0.1) is 13.2 Å². The monoisotopic (exact) mass is 634 g/mol. The molecule has 0 N–H and O–H groups in total. The van der Waals surface area contributed by atoms with Gasteiger partial charge in [-0.1, -0.05) is 10.1 Å². The van der Waals surface area contributed by atoms with Crippen molar-refractivity contribution in [3.63, 3.8) is 0 Å². The molecule has 0 radical (unpaired) electrons. The molecule has 0 aromatic rings. The molecule has 252 valence electrons. The van der Waals surface area contributed by atoms with Crippen molar-refractivity contribution in [1.29, 1.82) is 0 Å². The Morgan fingerprint density at radius 1 is 0.523 bits per heavy atom. The van der Waals surface area contributed by atoms with Crippen molar-refractivity contribution in [3.05, 3.63) is 0 Å². The van der Waals surface area contributed by atoms with E-state index in [4.69, 9.17) is 38.1 Å². The molecule has 2 aliphatic heterocycles. The second kappa shape index (κ2) is 14.9. The minimum Gasteiger partial charge on any atom is -0.464 e. The van der Waals surface area contributed by atoms with Crippen molar-refractivity contribution < 1.29 is 66.9 Å². The summed E-state index contributed by atoms with van der Waals surface area (Å²) in [6, 6.07) is 0. The first-order valence-corrected chi connectivity index (χ1v) is 14.0. The summed E-state index contributed by atoms with van der Waals surface area (Å²) >= 11 is 0. The highest BCUT2D eigenvalue weighted by atomic mass is 16.8. The van der Waals surface area contributed by atoms with Crippen molar-refractivity contribution in [3.8, 4) is 0 Å². The van der Waals surface area contributed by atoms with Crippen LogP contribution in [0.4, 0.5) is 19.2 Å². The first kappa shape index (κ1) is 38.4. The maximum atomic E-state index is 12.1. The molecule has 0 aromatic heterocycles. The predicted molar refractivity (Wildman–Crippen MR) is 150 cm³/mol. The highest BCUT2D eigenvalue weighted by molar-refractivity contribution is 5.88. The van der Waals surface area contributed by atoms with Gasteiger partial charge in [0.25, 0.3) is 0 Å². The number of carbonyl (C=O) groups excluding carboxylic acids is 6. The molecule has 16 nitrogen and oxygen atoms in total. The largest absolute Gasteiger partial charge is 0.464 e. The maximum Gasteiger partial charge on any atom is 0.444 e. The molecule has 0 unspecified atom stereocenters. The summed E-state index contributed by atoms with van der Waals surface area (Å²) in [5, 5.41) is 0.654. The predicted octanol–water partition coefficient (Wildman–Crippen LogP) is 4.81. The van der Waals surface area contributed by atoms with Gasteiger partial charge in [-0.15, -0.1) is 0 Å². The van der Waals surface area contributed by atoms with Gasteiger partial charge in [0.15, 0.2) is 12.2 Å². The van der Waals surface area contributed by atoms with Crippen LogP contribution in [0.3, 0.4) is 0 Å². The van der Waals surface area contributed by atoms with Crippen LogP contribution in [0.5, 0.6) is 0 Å². The van der Waals surface area contributed by atoms with Crippen LogP contribution in [0.15, 0.2) is 0 Å². The van der Waals surface area contributed by atoms with Gasteiger partial charge in [-0.25, -0.2) is 38.4 Å². The van der Waals surface area contributed by atoms with Crippen LogP contribution in [0.25, 0.3) is 0 Å². The number of ether oxygens (including phenoxy) is 6. The molecule has 0 aliphatic carbocycles. The third-order valence-electron chi connectivity index (χ3n) is 4.48. The Hall–Kier alpha value is -3.66. The smallest absolute Gasteiger partial charge is 0.444 e. The lowest BCUT2D eigenvalue weighted by atomic mass is 10.2. The van der Waals surface area contributed by atoms with Gasteiger partial charge in [0.1, 0.15) is 22.4 Å². The quantitative estimate of drug-likeness (QED) is 0.233. The molecule has 2 heterocycles. The van der Waals surface area contributed by atoms with E-state index in [1.54, 1.807) is 83.1 Å². The summed E-state index contributed by atoms with van der Waals surface area (Å²) < 4.78 is 29.8. The highest BCUT2D eigenvalue weighted by Crippen LogP contribution is 2.20. The SMILES string of the molecule is CC(C)(C)OC(=O)N(O[C@@H]1CCOC1=O)C(=O)OC(C)(C)C.CC(C)(C)OC(=O)N(O[C@H]1CCOC1=O)C(=O)OC(C)(C)C. The molecule has 0 saturated carbocycles. The van der Waals surface area contributed by atoms with Gasteiger partial charge in [-0.2, -0.15) is 0 Å². The first-order valence-electron chi connectivity index (χ1n) is 14.0. The molecule has 44 heavy (non-hydrogen) atoms. The van der Waals surface area contributed by atoms with Gasteiger partial charge in [0, 0.05) is 12.8 Å². The normalized spacial score (nSPS) is 18.6. The van der Waals surface area contributed by atoms with Crippen LogP contribution in [0, 0.1) is 0 Å². The standard InChI is InChI=1S/2C14H23NO7/c2*1-13(2,3)20-11(17)15(12(18)21-14(4,5)6)22-9-7-8-19-10(9)16/h2*9H,7-8H2,1-6H3/t2*9-/m10/s1. The maximum absolute atomic E-state index is 12.1. The minimum atomic E-state index is -1.05. The molecular formula is C28H46N2O14. The minimum absolute atomic E-state index is 0.167. The average Bonchev–Trinajstić information content (AvgIpc) is 3.38. The fourth-order valence-electron chi connectivity index (χ4n) is 2.94. The second-order valence-electron chi connectivity index (χ2n) is 13.6. The van der Waals surface area contributed by atoms with E-state index in [1.165, 1.54) is 0 Å². The third kappa shape index (κ3) is 14.7. The number of hydrogen-bond donors (Lipinski definition) is 0. The zero-order valence-electron chi connectivity index (χ0n) is 27.6. The van der Waals surface area contributed by atoms with Gasteiger partial charge in [-0.3, -0.25) is 0 Å². The Balaban J connectivity index is 0.000000440. The lowest BCUT2D eigenvalue weighted by Gasteiger charge is -2.28. The zero-order chi connectivity index (χ0) is 34.3. The Morgan fingerprint density at radius 2 is 0.750 bits per heavy atom. The molecule has 4 amide bonds. The number of carbonyl (C=O) groups is 6.